The van der Waals surface area contributed by atoms with Crippen LogP contribution in [0.5, 0.6) is 0 Å². The number of hydrogen-bond acceptors (Lipinski definition) is 5. The zero-order chi connectivity index (χ0) is 22.1. The fraction of sp³-hybridized carbons (Fsp3) is 0.360. The van der Waals surface area contributed by atoms with Crippen LogP contribution < -0.4 is 0 Å². The van der Waals surface area contributed by atoms with E-state index in [1.54, 1.807) is 23.5 Å². The van der Waals surface area contributed by atoms with Crippen molar-refractivity contribution in [2.45, 2.75) is 57.2 Å². The highest BCUT2D eigenvalue weighted by atomic mass is 32.1. The second kappa shape index (κ2) is 9.18. The van der Waals surface area contributed by atoms with Gasteiger partial charge in [-0.1, -0.05) is 37.3 Å². The van der Waals surface area contributed by atoms with E-state index >= 15 is 0 Å². The summed E-state index contributed by atoms with van der Waals surface area (Å²) >= 11 is 1.67. The summed E-state index contributed by atoms with van der Waals surface area (Å²) in [5.41, 5.74) is 4.00. The minimum absolute atomic E-state index is 0.247. The summed E-state index contributed by atoms with van der Waals surface area (Å²) in [5, 5.41) is 30.9. The van der Waals surface area contributed by atoms with Gasteiger partial charge in [-0.05, 0) is 59.9 Å². The summed E-state index contributed by atoms with van der Waals surface area (Å²) < 4.78 is 19.1. The van der Waals surface area contributed by atoms with Gasteiger partial charge in [-0.25, -0.2) is 4.39 Å². The minimum Gasteiger partial charge on any atom is -0.388 e. The Bertz CT molecular complexity index is 1030. The van der Waals surface area contributed by atoms with Crippen LogP contribution in [-0.4, -0.2) is 39.7 Å². The van der Waals surface area contributed by atoms with Crippen LogP contribution in [-0.2, 0) is 11.2 Å². The van der Waals surface area contributed by atoms with Gasteiger partial charge in [-0.3, -0.25) is 0 Å². The minimum atomic E-state index is -1.25. The van der Waals surface area contributed by atoms with Gasteiger partial charge in [-0.15, -0.1) is 11.3 Å². The molecule has 31 heavy (non-hydrogen) atoms. The summed E-state index contributed by atoms with van der Waals surface area (Å²) in [4.78, 5) is 2.25. The Morgan fingerprint density at radius 1 is 0.935 bits per heavy atom. The smallest absolute Gasteiger partial charge is 0.123 e. The normalized spacial score (nSPS) is 26.2. The molecule has 1 aliphatic heterocycles. The fourth-order valence-electron chi connectivity index (χ4n) is 4.05. The van der Waals surface area contributed by atoms with E-state index in [9.17, 15) is 19.7 Å². The Morgan fingerprint density at radius 2 is 1.68 bits per heavy atom. The van der Waals surface area contributed by atoms with E-state index in [1.165, 1.54) is 17.0 Å². The Labute approximate surface area is 185 Å². The maximum absolute atomic E-state index is 13.2. The molecule has 1 aromatic heterocycles. The standard InChI is InChI=1S/C25H27FO4S/c1-3-20-22(27)23(28)24(29)25(30-20)16-5-4-14(2)17(12-16)13-19-10-11-21(31-19)15-6-8-18(26)9-7-15/h4-12,20,22-25,27-29H,3,13H2,1-2H3/t20?,22-,23-,24?,25+/m1/s1. The highest BCUT2D eigenvalue weighted by Crippen LogP contribution is 2.35. The molecule has 1 saturated heterocycles. The zero-order valence-electron chi connectivity index (χ0n) is 17.5. The predicted octanol–water partition coefficient (Wildman–Crippen LogP) is 4.39. The number of halogens is 1. The lowest BCUT2D eigenvalue weighted by Gasteiger charge is -2.40. The predicted molar refractivity (Wildman–Crippen MR) is 120 cm³/mol. The maximum atomic E-state index is 13.2. The van der Waals surface area contributed by atoms with Crippen molar-refractivity contribution in [3.63, 3.8) is 0 Å². The largest absolute Gasteiger partial charge is 0.388 e. The van der Waals surface area contributed by atoms with Gasteiger partial charge in [0.15, 0.2) is 0 Å². The average Bonchev–Trinajstić information content (AvgIpc) is 3.23. The molecule has 0 radical (unpaired) electrons. The quantitative estimate of drug-likeness (QED) is 0.548. The lowest BCUT2D eigenvalue weighted by atomic mass is 9.89. The van der Waals surface area contributed by atoms with Crippen molar-refractivity contribution in [2.75, 3.05) is 0 Å². The number of benzene rings is 2. The van der Waals surface area contributed by atoms with Gasteiger partial charge in [0.2, 0.25) is 0 Å². The molecule has 0 amide bonds. The molecule has 2 aromatic carbocycles. The first-order chi connectivity index (χ1) is 14.9. The van der Waals surface area contributed by atoms with Gasteiger partial charge in [0.1, 0.15) is 30.2 Å². The third-order valence-electron chi connectivity index (χ3n) is 5.97. The molecule has 0 aliphatic carbocycles. The Morgan fingerprint density at radius 3 is 2.39 bits per heavy atom. The third-order valence-corrected chi connectivity index (χ3v) is 7.11. The highest BCUT2D eigenvalue weighted by Gasteiger charge is 2.43. The van der Waals surface area contributed by atoms with Crippen LogP contribution in [0.4, 0.5) is 4.39 Å². The van der Waals surface area contributed by atoms with Gasteiger partial charge in [0.05, 0.1) is 6.10 Å². The average molecular weight is 443 g/mol. The van der Waals surface area contributed by atoms with Gasteiger partial charge in [0, 0.05) is 16.2 Å². The van der Waals surface area contributed by atoms with Crippen LogP contribution in [0.2, 0.25) is 0 Å². The van der Waals surface area contributed by atoms with E-state index in [1.807, 2.05) is 38.1 Å². The van der Waals surface area contributed by atoms with Crippen molar-refractivity contribution in [1.29, 1.82) is 0 Å². The van der Waals surface area contributed by atoms with E-state index < -0.39 is 30.5 Å². The monoisotopic (exact) mass is 442 g/mol. The van der Waals surface area contributed by atoms with Crippen LogP contribution >= 0.6 is 11.3 Å². The highest BCUT2D eigenvalue weighted by molar-refractivity contribution is 7.15. The number of rotatable bonds is 5. The molecule has 0 bridgehead atoms. The number of aliphatic hydroxyl groups is 3. The molecule has 0 spiro atoms. The zero-order valence-corrected chi connectivity index (χ0v) is 18.3. The van der Waals surface area contributed by atoms with Crippen molar-refractivity contribution < 1.29 is 24.4 Å². The Balaban J connectivity index is 1.57. The molecule has 4 nitrogen and oxygen atoms in total. The van der Waals surface area contributed by atoms with Crippen molar-refractivity contribution in [3.05, 3.63) is 82.0 Å². The SMILES string of the molecule is CCC1O[C@@H](c2ccc(C)c(Cc3ccc(-c4ccc(F)cc4)s3)c2)C(O)[C@H](O)[C@@H]1O. The van der Waals surface area contributed by atoms with Crippen molar-refractivity contribution >= 4 is 11.3 Å². The number of aliphatic hydroxyl groups excluding tert-OH is 3. The second-order valence-electron chi connectivity index (χ2n) is 8.11. The Hall–Kier alpha value is -2.09. The number of hydrogen-bond donors (Lipinski definition) is 3. The maximum Gasteiger partial charge on any atom is 0.123 e. The lowest BCUT2D eigenvalue weighted by Crippen LogP contribution is -2.53. The topological polar surface area (TPSA) is 69.9 Å². The fourth-order valence-corrected chi connectivity index (χ4v) is 5.09. The second-order valence-corrected chi connectivity index (χ2v) is 9.28. The van der Waals surface area contributed by atoms with Crippen LogP contribution in [0.25, 0.3) is 10.4 Å². The van der Waals surface area contributed by atoms with Crippen LogP contribution in [0.3, 0.4) is 0 Å². The molecular formula is C25H27FO4S. The van der Waals surface area contributed by atoms with E-state index in [0.717, 1.165) is 33.6 Å². The summed E-state index contributed by atoms with van der Waals surface area (Å²) in [6.45, 7) is 3.92. The van der Waals surface area contributed by atoms with Crippen molar-refractivity contribution in [1.82, 2.24) is 0 Å². The molecule has 2 unspecified atom stereocenters. The molecule has 6 heteroatoms. The first-order valence-corrected chi connectivity index (χ1v) is 11.3. The first-order valence-electron chi connectivity index (χ1n) is 10.5. The molecular weight excluding hydrogens is 415 g/mol. The molecule has 1 fully saturated rings. The summed E-state index contributed by atoms with van der Waals surface area (Å²) in [6.07, 6.45) is -3.50. The summed E-state index contributed by atoms with van der Waals surface area (Å²) in [7, 11) is 0. The van der Waals surface area contributed by atoms with Crippen molar-refractivity contribution in [3.8, 4) is 10.4 Å². The van der Waals surface area contributed by atoms with E-state index in [2.05, 4.69) is 6.07 Å². The van der Waals surface area contributed by atoms with E-state index in [0.29, 0.717) is 6.42 Å². The molecule has 1 aliphatic rings. The van der Waals surface area contributed by atoms with Gasteiger partial charge in [0.25, 0.3) is 0 Å². The summed E-state index contributed by atoms with van der Waals surface area (Å²) in [5.74, 6) is -0.247. The molecule has 164 valence electrons. The number of ether oxygens (including phenoxy) is 1. The lowest BCUT2D eigenvalue weighted by molar-refractivity contribution is -0.225. The Kier molecular flexibility index (Phi) is 6.55. The van der Waals surface area contributed by atoms with Gasteiger partial charge < -0.3 is 20.1 Å². The molecule has 5 atom stereocenters. The number of aryl methyl sites for hydroxylation is 1. The van der Waals surface area contributed by atoms with Crippen molar-refractivity contribution in [2.24, 2.45) is 0 Å². The molecule has 3 aromatic rings. The first kappa shape index (κ1) is 22.1. The molecule has 4 rings (SSSR count). The van der Waals surface area contributed by atoms with Gasteiger partial charge >= 0.3 is 0 Å². The van der Waals surface area contributed by atoms with E-state index in [4.69, 9.17) is 4.74 Å². The van der Waals surface area contributed by atoms with Crippen LogP contribution in [0, 0.1) is 12.7 Å². The van der Waals surface area contributed by atoms with E-state index in [-0.39, 0.29) is 5.82 Å². The van der Waals surface area contributed by atoms with Crippen LogP contribution in [0.1, 0.15) is 41.0 Å². The molecule has 2 heterocycles. The molecule has 3 N–H and O–H groups in total. The summed E-state index contributed by atoms with van der Waals surface area (Å²) in [6, 6.07) is 16.5. The number of thiophene rings is 1. The third kappa shape index (κ3) is 4.59. The van der Waals surface area contributed by atoms with Gasteiger partial charge in [-0.2, -0.15) is 0 Å². The molecule has 0 saturated carbocycles. The van der Waals surface area contributed by atoms with Crippen LogP contribution in [0.15, 0.2) is 54.6 Å².